The lowest BCUT2D eigenvalue weighted by Gasteiger charge is -2.53. The quantitative estimate of drug-likeness (QED) is 0.812. The molecule has 0 radical (unpaired) electrons. The lowest BCUT2D eigenvalue weighted by atomic mass is 9.81. The topological polar surface area (TPSA) is 32.5 Å². The zero-order valence-corrected chi connectivity index (χ0v) is 14.1. The predicted molar refractivity (Wildman–Crippen MR) is 86.9 cm³/mol. The summed E-state index contributed by atoms with van der Waals surface area (Å²) in [7, 11) is 0. The van der Waals surface area contributed by atoms with E-state index in [1.165, 1.54) is 51.7 Å². The molecule has 0 amide bonds. The Kier molecular flexibility index (Phi) is 5.49. The molecule has 0 aliphatic carbocycles. The number of hydrogen-bond donors (Lipinski definition) is 1. The molecule has 0 aromatic rings. The normalized spacial score (nSPS) is 32.9. The Bertz CT molecular complexity index is 301. The first-order chi connectivity index (χ1) is 9.56. The number of nitrogens with zero attached hydrogens (tertiary/aromatic N) is 2. The fraction of sp³-hybridized carbons (Fsp3) is 1.00. The summed E-state index contributed by atoms with van der Waals surface area (Å²) in [6.07, 6.45) is 6.48. The van der Waals surface area contributed by atoms with E-state index in [9.17, 15) is 0 Å². The molecule has 4 unspecified atom stereocenters. The van der Waals surface area contributed by atoms with Crippen molar-refractivity contribution in [1.29, 1.82) is 0 Å². The van der Waals surface area contributed by atoms with E-state index in [1.807, 2.05) is 0 Å². The van der Waals surface area contributed by atoms with Gasteiger partial charge in [-0.25, -0.2) is 0 Å². The fourth-order valence-corrected chi connectivity index (χ4v) is 4.45. The highest BCUT2D eigenvalue weighted by atomic mass is 15.3. The summed E-state index contributed by atoms with van der Waals surface area (Å²) in [6, 6.07) is 1.44. The third kappa shape index (κ3) is 3.05. The number of nitrogens with two attached hydrogens (primary N) is 1. The Hall–Kier alpha value is -0.120. The van der Waals surface area contributed by atoms with Crippen LogP contribution in [-0.2, 0) is 0 Å². The van der Waals surface area contributed by atoms with Crippen LogP contribution in [0.15, 0.2) is 0 Å². The summed E-state index contributed by atoms with van der Waals surface area (Å²) in [5.41, 5.74) is 6.52. The van der Waals surface area contributed by atoms with Crippen LogP contribution in [0.5, 0.6) is 0 Å². The van der Waals surface area contributed by atoms with Gasteiger partial charge in [0.15, 0.2) is 0 Å². The number of fused-ring (bicyclic) bond motifs is 1. The molecule has 0 bridgehead atoms. The molecule has 3 nitrogen and oxygen atoms in total. The average molecular weight is 281 g/mol. The summed E-state index contributed by atoms with van der Waals surface area (Å²) in [4.78, 5) is 5.49. The molecule has 4 atom stereocenters. The van der Waals surface area contributed by atoms with E-state index in [4.69, 9.17) is 5.73 Å². The second kappa shape index (κ2) is 6.76. The highest BCUT2D eigenvalue weighted by Crippen LogP contribution is 2.35. The van der Waals surface area contributed by atoms with E-state index < -0.39 is 0 Å². The Balaban J connectivity index is 2.14. The minimum absolute atomic E-state index is 0.226. The summed E-state index contributed by atoms with van der Waals surface area (Å²) >= 11 is 0. The highest BCUT2D eigenvalue weighted by molar-refractivity contribution is 5.00. The molecule has 0 aromatic heterocycles. The molecule has 20 heavy (non-hydrogen) atoms. The van der Waals surface area contributed by atoms with Gasteiger partial charge in [0.25, 0.3) is 0 Å². The van der Waals surface area contributed by atoms with Crippen molar-refractivity contribution in [3.8, 4) is 0 Å². The van der Waals surface area contributed by atoms with Crippen molar-refractivity contribution < 1.29 is 0 Å². The van der Waals surface area contributed by atoms with Gasteiger partial charge in [-0.1, -0.05) is 27.2 Å². The zero-order valence-electron chi connectivity index (χ0n) is 14.1. The van der Waals surface area contributed by atoms with Gasteiger partial charge in [-0.2, -0.15) is 0 Å². The lowest BCUT2D eigenvalue weighted by molar-refractivity contribution is -0.0330. The third-order valence-corrected chi connectivity index (χ3v) is 6.01. The number of piperazine rings is 1. The molecule has 118 valence electrons. The highest BCUT2D eigenvalue weighted by Gasteiger charge is 2.43. The molecule has 2 saturated heterocycles. The van der Waals surface area contributed by atoms with Gasteiger partial charge in [0, 0.05) is 37.3 Å². The predicted octanol–water partition coefficient (Wildman–Crippen LogP) is 2.70. The van der Waals surface area contributed by atoms with Gasteiger partial charge in [-0.3, -0.25) is 9.80 Å². The second-order valence-electron chi connectivity index (χ2n) is 7.29. The third-order valence-electron chi connectivity index (χ3n) is 6.01. The van der Waals surface area contributed by atoms with Crippen LogP contribution in [0.2, 0.25) is 0 Å². The minimum atomic E-state index is 0.226. The Morgan fingerprint density at radius 3 is 2.65 bits per heavy atom. The molecule has 0 aromatic carbocycles. The largest absolute Gasteiger partial charge is 0.329 e. The molecule has 3 heteroatoms. The van der Waals surface area contributed by atoms with Gasteiger partial charge in [0.2, 0.25) is 0 Å². The second-order valence-corrected chi connectivity index (χ2v) is 7.29. The van der Waals surface area contributed by atoms with Crippen molar-refractivity contribution in [2.75, 3.05) is 26.2 Å². The van der Waals surface area contributed by atoms with Gasteiger partial charge >= 0.3 is 0 Å². The van der Waals surface area contributed by atoms with Crippen molar-refractivity contribution in [1.82, 2.24) is 9.80 Å². The molecule has 2 rings (SSSR count). The van der Waals surface area contributed by atoms with Gasteiger partial charge in [-0.15, -0.1) is 0 Å². The molecular formula is C17H35N3. The SMILES string of the molecule is CCC(C)CC(CC)(CN)N1CC2CCCN2CC1C. The van der Waals surface area contributed by atoms with Crippen molar-refractivity contribution in [3.05, 3.63) is 0 Å². The monoisotopic (exact) mass is 281 g/mol. The van der Waals surface area contributed by atoms with Crippen LogP contribution in [0.1, 0.15) is 59.8 Å². The fourth-order valence-electron chi connectivity index (χ4n) is 4.45. The molecule has 2 heterocycles. The van der Waals surface area contributed by atoms with E-state index in [-0.39, 0.29) is 5.54 Å². The van der Waals surface area contributed by atoms with Crippen molar-refractivity contribution >= 4 is 0 Å². The van der Waals surface area contributed by atoms with Gasteiger partial charge < -0.3 is 5.73 Å². The average Bonchev–Trinajstić information content (AvgIpc) is 2.91. The van der Waals surface area contributed by atoms with Crippen LogP contribution in [0.25, 0.3) is 0 Å². The van der Waals surface area contributed by atoms with Crippen LogP contribution < -0.4 is 5.73 Å². The van der Waals surface area contributed by atoms with E-state index >= 15 is 0 Å². The summed E-state index contributed by atoms with van der Waals surface area (Å²) in [5.74, 6) is 0.771. The molecule has 2 fully saturated rings. The van der Waals surface area contributed by atoms with Crippen molar-refractivity contribution in [3.63, 3.8) is 0 Å². The minimum Gasteiger partial charge on any atom is -0.329 e. The van der Waals surface area contributed by atoms with Gasteiger partial charge in [0.1, 0.15) is 0 Å². The first-order valence-corrected chi connectivity index (χ1v) is 8.77. The lowest BCUT2D eigenvalue weighted by Crippen LogP contribution is -2.65. The van der Waals surface area contributed by atoms with Crippen LogP contribution in [-0.4, -0.2) is 53.6 Å². The Morgan fingerprint density at radius 2 is 2.05 bits per heavy atom. The van der Waals surface area contributed by atoms with E-state index in [1.54, 1.807) is 0 Å². The number of hydrogen-bond acceptors (Lipinski definition) is 3. The zero-order chi connectivity index (χ0) is 14.8. The first kappa shape index (κ1) is 16.3. The maximum atomic E-state index is 6.30. The standard InChI is InChI=1S/C17H35N3/c1-5-14(3)10-17(6-2,13-18)20-12-16-8-7-9-19(16)11-15(20)4/h14-16H,5-13,18H2,1-4H3. The molecule has 2 aliphatic rings. The molecule has 0 spiro atoms. The van der Waals surface area contributed by atoms with E-state index in [2.05, 4.69) is 37.5 Å². The Morgan fingerprint density at radius 1 is 1.30 bits per heavy atom. The number of rotatable bonds is 6. The van der Waals surface area contributed by atoms with E-state index in [0.29, 0.717) is 6.04 Å². The Labute approximate surface area is 125 Å². The van der Waals surface area contributed by atoms with E-state index in [0.717, 1.165) is 18.5 Å². The maximum absolute atomic E-state index is 6.30. The van der Waals surface area contributed by atoms with Crippen LogP contribution in [0, 0.1) is 5.92 Å². The van der Waals surface area contributed by atoms with Crippen molar-refractivity contribution in [2.24, 2.45) is 11.7 Å². The van der Waals surface area contributed by atoms with Crippen LogP contribution in [0.4, 0.5) is 0 Å². The molecular weight excluding hydrogens is 246 g/mol. The molecule has 2 N–H and O–H groups in total. The molecule has 0 saturated carbocycles. The maximum Gasteiger partial charge on any atom is 0.0335 e. The summed E-state index contributed by atoms with van der Waals surface area (Å²) in [6.45, 7) is 14.0. The van der Waals surface area contributed by atoms with Crippen LogP contribution >= 0.6 is 0 Å². The smallest absolute Gasteiger partial charge is 0.0335 e. The summed E-state index contributed by atoms with van der Waals surface area (Å²) in [5, 5.41) is 0. The first-order valence-electron chi connectivity index (χ1n) is 8.77. The van der Waals surface area contributed by atoms with Crippen molar-refractivity contribution in [2.45, 2.75) is 77.4 Å². The molecule has 2 aliphatic heterocycles. The van der Waals surface area contributed by atoms with Crippen LogP contribution in [0.3, 0.4) is 0 Å². The van der Waals surface area contributed by atoms with Gasteiger partial charge in [-0.05, 0) is 45.1 Å². The van der Waals surface area contributed by atoms with Gasteiger partial charge in [0.05, 0.1) is 0 Å². The summed E-state index contributed by atoms with van der Waals surface area (Å²) < 4.78 is 0.